The second-order valence-corrected chi connectivity index (χ2v) is 5.11. The lowest BCUT2D eigenvalue weighted by atomic mass is 10.0. The Hall–Kier alpha value is -2.61. The van der Waals surface area contributed by atoms with E-state index < -0.39 is 41.4 Å². The standard InChI is InChI=1S/C16H14F4N2O2/c1-8(15(23)9-5-6-10(17)12(19)7-9)21-16(24)22-13-4-2-3-11(18)14(13)20/h2-8,15,23H,1H3,(H2,21,22,24). The number of carbonyl (C=O) groups excluding carboxylic acids is 1. The fourth-order valence-corrected chi connectivity index (χ4v) is 2.03. The van der Waals surface area contributed by atoms with E-state index in [1.165, 1.54) is 19.1 Å². The van der Waals surface area contributed by atoms with E-state index in [0.717, 1.165) is 24.3 Å². The first-order valence-electron chi connectivity index (χ1n) is 6.94. The van der Waals surface area contributed by atoms with Crippen LogP contribution in [0.3, 0.4) is 0 Å². The average Bonchev–Trinajstić information content (AvgIpc) is 2.53. The summed E-state index contributed by atoms with van der Waals surface area (Å²) in [5.74, 6) is -4.54. The molecule has 0 saturated heterocycles. The van der Waals surface area contributed by atoms with Crippen molar-refractivity contribution in [2.75, 3.05) is 5.32 Å². The lowest BCUT2D eigenvalue weighted by Crippen LogP contribution is -2.40. The van der Waals surface area contributed by atoms with Crippen molar-refractivity contribution in [3.63, 3.8) is 0 Å². The van der Waals surface area contributed by atoms with Gasteiger partial charge in [-0.3, -0.25) is 0 Å². The summed E-state index contributed by atoms with van der Waals surface area (Å²) in [6.07, 6.45) is -1.33. The second kappa shape index (κ2) is 7.31. The maximum Gasteiger partial charge on any atom is 0.319 e. The first-order chi connectivity index (χ1) is 11.3. The first kappa shape index (κ1) is 17.7. The summed E-state index contributed by atoms with van der Waals surface area (Å²) >= 11 is 0. The van der Waals surface area contributed by atoms with Crippen LogP contribution in [-0.2, 0) is 0 Å². The third-order valence-electron chi connectivity index (χ3n) is 3.32. The molecule has 0 heterocycles. The summed E-state index contributed by atoms with van der Waals surface area (Å²) in [5.41, 5.74) is -0.319. The number of halogens is 4. The van der Waals surface area contributed by atoms with E-state index in [1.807, 2.05) is 0 Å². The molecule has 0 aliphatic carbocycles. The molecule has 2 aromatic rings. The minimum atomic E-state index is -1.33. The Balaban J connectivity index is 2.02. The minimum Gasteiger partial charge on any atom is -0.386 e. The maximum absolute atomic E-state index is 13.5. The number of nitrogens with one attached hydrogen (secondary N) is 2. The molecule has 24 heavy (non-hydrogen) atoms. The van der Waals surface area contributed by atoms with Crippen LogP contribution < -0.4 is 10.6 Å². The zero-order valence-corrected chi connectivity index (χ0v) is 12.5. The van der Waals surface area contributed by atoms with Crippen LogP contribution >= 0.6 is 0 Å². The first-order valence-corrected chi connectivity index (χ1v) is 6.94. The van der Waals surface area contributed by atoms with Crippen LogP contribution in [0.2, 0.25) is 0 Å². The van der Waals surface area contributed by atoms with Crippen LogP contribution in [0.15, 0.2) is 36.4 Å². The molecule has 2 amide bonds. The lowest BCUT2D eigenvalue weighted by Gasteiger charge is -2.21. The summed E-state index contributed by atoms with van der Waals surface area (Å²) in [4.78, 5) is 11.8. The highest BCUT2D eigenvalue weighted by molar-refractivity contribution is 5.89. The van der Waals surface area contributed by atoms with E-state index in [1.54, 1.807) is 0 Å². The van der Waals surface area contributed by atoms with Crippen molar-refractivity contribution in [1.29, 1.82) is 0 Å². The largest absolute Gasteiger partial charge is 0.386 e. The molecule has 128 valence electrons. The zero-order valence-electron chi connectivity index (χ0n) is 12.5. The quantitative estimate of drug-likeness (QED) is 0.745. The summed E-state index contributed by atoms with van der Waals surface area (Å²) in [7, 11) is 0. The molecule has 8 heteroatoms. The highest BCUT2D eigenvalue weighted by Crippen LogP contribution is 2.20. The van der Waals surface area contributed by atoms with Gasteiger partial charge in [0, 0.05) is 0 Å². The number of carbonyl (C=O) groups is 1. The van der Waals surface area contributed by atoms with Gasteiger partial charge in [0.2, 0.25) is 0 Å². The number of rotatable bonds is 4. The van der Waals surface area contributed by atoms with Crippen molar-refractivity contribution in [3.05, 3.63) is 65.2 Å². The van der Waals surface area contributed by atoms with Gasteiger partial charge in [-0.1, -0.05) is 12.1 Å². The third kappa shape index (κ3) is 4.02. The van der Waals surface area contributed by atoms with Gasteiger partial charge >= 0.3 is 6.03 Å². The van der Waals surface area contributed by atoms with E-state index in [2.05, 4.69) is 10.6 Å². The molecule has 2 atom stereocenters. The lowest BCUT2D eigenvalue weighted by molar-refractivity contribution is 0.138. The second-order valence-electron chi connectivity index (χ2n) is 5.11. The number of benzene rings is 2. The molecule has 0 bridgehead atoms. The van der Waals surface area contributed by atoms with Crippen molar-refractivity contribution in [2.24, 2.45) is 0 Å². The van der Waals surface area contributed by atoms with Crippen LogP contribution in [0, 0.1) is 23.3 Å². The van der Waals surface area contributed by atoms with Crippen LogP contribution in [0.1, 0.15) is 18.6 Å². The average molecular weight is 342 g/mol. The summed E-state index contributed by atoms with van der Waals surface area (Å²) in [6.45, 7) is 1.41. The number of amides is 2. The highest BCUT2D eigenvalue weighted by atomic mass is 19.2. The van der Waals surface area contributed by atoms with Crippen LogP contribution in [0.25, 0.3) is 0 Å². The van der Waals surface area contributed by atoms with Crippen molar-refractivity contribution in [1.82, 2.24) is 5.32 Å². The van der Waals surface area contributed by atoms with Crippen LogP contribution in [0.5, 0.6) is 0 Å². The van der Waals surface area contributed by atoms with Crippen molar-refractivity contribution >= 4 is 11.7 Å². The topological polar surface area (TPSA) is 61.4 Å². The predicted octanol–water partition coefficient (Wildman–Crippen LogP) is 3.49. The molecule has 0 spiro atoms. The molecule has 0 fully saturated rings. The zero-order chi connectivity index (χ0) is 17.9. The molecule has 3 N–H and O–H groups in total. The van der Waals surface area contributed by atoms with E-state index in [4.69, 9.17) is 0 Å². The minimum absolute atomic E-state index is 0.0543. The molecule has 4 nitrogen and oxygen atoms in total. The normalized spacial score (nSPS) is 13.2. The third-order valence-corrected chi connectivity index (χ3v) is 3.32. The maximum atomic E-state index is 13.5. The highest BCUT2D eigenvalue weighted by Gasteiger charge is 2.20. The number of hydrogen-bond acceptors (Lipinski definition) is 2. The number of aliphatic hydroxyl groups excluding tert-OH is 1. The van der Waals surface area contributed by atoms with E-state index in [0.29, 0.717) is 0 Å². The van der Waals surface area contributed by atoms with Gasteiger partial charge < -0.3 is 15.7 Å². The van der Waals surface area contributed by atoms with Gasteiger partial charge in [0.15, 0.2) is 23.3 Å². The monoisotopic (exact) mass is 342 g/mol. The number of hydrogen-bond donors (Lipinski definition) is 3. The van der Waals surface area contributed by atoms with Gasteiger partial charge in [-0.15, -0.1) is 0 Å². The van der Waals surface area contributed by atoms with Crippen LogP contribution in [0.4, 0.5) is 28.0 Å². The Labute approximate surface area is 135 Å². The predicted molar refractivity (Wildman–Crippen MR) is 79.3 cm³/mol. The van der Waals surface area contributed by atoms with Crippen molar-refractivity contribution < 1.29 is 27.5 Å². The van der Waals surface area contributed by atoms with Gasteiger partial charge in [-0.25, -0.2) is 22.4 Å². The Morgan fingerprint density at radius 3 is 2.42 bits per heavy atom. The van der Waals surface area contributed by atoms with E-state index >= 15 is 0 Å². The van der Waals surface area contributed by atoms with E-state index in [9.17, 15) is 27.5 Å². The Bertz CT molecular complexity index is 755. The molecule has 0 radical (unpaired) electrons. The summed E-state index contributed by atoms with van der Waals surface area (Å²) in [5, 5.41) is 14.5. The molecular formula is C16H14F4N2O2. The molecule has 2 rings (SSSR count). The molecule has 0 aromatic heterocycles. The SMILES string of the molecule is CC(NC(=O)Nc1cccc(F)c1F)C(O)c1ccc(F)c(F)c1. The molecule has 0 aliphatic rings. The molecular weight excluding hydrogens is 328 g/mol. The number of aliphatic hydroxyl groups is 1. The molecule has 2 aromatic carbocycles. The van der Waals surface area contributed by atoms with Crippen molar-refractivity contribution in [2.45, 2.75) is 19.1 Å². The Kier molecular flexibility index (Phi) is 5.40. The number of anilines is 1. The van der Waals surface area contributed by atoms with E-state index in [-0.39, 0.29) is 11.3 Å². The molecule has 2 unspecified atom stereocenters. The van der Waals surface area contributed by atoms with Crippen molar-refractivity contribution in [3.8, 4) is 0 Å². The van der Waals surface area contributed by atoms with Gasteiger partial charge in [-0.05, 0) is 36.8 Å². The Morgan fingerprint density at radius 1 is 1.04 bits per heavy atom. The van der Waals surface area contributed by atoms with Gasteiger partial charge in [0.05, 0.1) is 17.8 Å². The smallest absolute Gasteiger partial charge is 0.319 e. The van der Waals surface area contributed by atoms with Crippen LogP contribution in [-0.4, -0.2) is 17.2 Å². The van der Waals surface area contributed by atoms with Gasteiger partial charge in [0.25, 0.3) is 0 Å². The molecule has 0 saturated carbocycles. The fraction of sp³-hybridized carbons (Fsp3) is 0.188. The Morgan fingerprint density at radius 2 is 1.75 bits per heavy atom. The van der Waals surface area contributed by atoms with Gasteiger partial charge in [-0.2, -0.15) is 0 Å². The molecule has 0 aliphatic heterocycles. The summed E-state index contributed by atoms with van der Waals surface area (Å²) in [6, 6.07) is 4.30. The summed E-state index contributed by atoms with van der Waals surface area (Å²) < 4.78 is 52.6. The van der Waals surface area contributed by atoms with Gasteiger partial charge in [0.1, 0.15) is 0 Å². The number of urea groups is 1. The fourth-order valence-electron chi connectivity index (χ4n) is 2.03.